The fraction of sp³-hybridized carbons (Fsp3) is 0.381. The molecule has 0 unspecified atom stereocenters. The molecule has 2 aromatic rings. The Bertz CT molecular complexity index is 628. The molecule has 0 aliphatic heterocycles. The van der Waals surface area contributed by atoms with Gasteiger partial charge in [-0.2, -0.15) is 5.10 Å². The van der Waals surface area contributed by atoms with E-state index in [1.54, 1.807) is 0 Å². The first-order chi connectivity index (χ1) is 11.8. The standard InChI is InChI=1S/C21H27N3/c1-24(21-10-6-3-7-11-21)17-19-14-12-18(13-15-19)16-22-23-20-8-4-2-5-9-20/h2,4-5,8-9,12-16,21,23H,3,6-7,10-11,17H2,1H3. The zero-order valence-corrected chi connectivity index (χ0v) is 14.5. The van der Waals surface area contributed by atoms with Crippen LogP contribution in [0.2, 0.25) is 0 Å². The van der Waals surface area contributed by atoms with Gasteiger partial charge in [-0.05, 0) is 43.1 Å². The molecular weight excluding hydrogens is 294 g/mol. The highest BCUT2D eigenvalue weighted by Gasteiger charge is 2.17. The van der Waals surface area contributed by atoms with Crippen LogP contribution in [0.3, 0.4) is 0 Å². The predicted molar refractivity (Wildman–Crippen MR) is 102 cm³/mol. The van der Waals surface area contributed by atoms with E-state index in [-0.39, 0.29) is 0 Å². The van der Waals surface area contributed by atoms with Crippen molar-refractivity contribution in [2.24, 2.45) is 5.10 Å². The molecule has 0 atom stereocenters. The summed E-state index contributed by atoms with van der Waals surface area (Å²) in [4.78, 5) is 2.51. The maximum absolute atomic E-state index is 4.29. The number of hydrogen-bond acceptors (Lipinski definition) is 3. The smallest absolute Gasteiger partial charge is 0.0561 e. The van der Waals surface area contributed by atoms with Gasteiger partial charge in [-0.15, -0.1) is 0 Å². The van der Waals surface area contributed by atoms with Gasteiger partial charge in [0.1, 0.15) is 0 Å². The fourth-order valence-corrected chi connectivity index (χ4v) is 3.34. The molecule has 126 valence electrons. The minimum atomic E-state index is 0.759. The Balaban J connectivity index is 1.51. The summed E-state index contributed by atoms with van der Waals surface area (Å²) >= 11 is 0. The van der Waals surface area contributed by atoms with E-state index in [1.807, 2.05) is 36.5 Å². The van der Waals surface area contributed by atoms with E-state index in [0.717, 1.165) is 23.8 Å². The SMILES string of the molecule is CN(Cc1ccc(C=NNc2ccccc2)cc1)C1CCCCC1. The molecule has 1 fully saturated rings. The molecule has 0 aromatic heterocycles. The molecule has 1 saturated carbocycles. The number of nitrogens with one attached hydrogen (secondary N) is 1. The van der Waals surface area contributed by atoms with Crippen LogP contribution in [0.4, 0.5) is 5.69 Å². The van der Waals surface area contributed by atoms with E-state index < -0.39 is 0 Å². The summed E-state index contributed by atoms with van der Waals surface area (Å²) in [5, 5.41) is 4.29. The second-order valence-corrected chi connectivity index (χ2v) is 6.68. The van der Waals surface area contributed by atoms with Crippen LogP contribution in [-0.4, -0.2) is 24.2 Å². The Hall–Kier alpha value is -2.13. The molecule has 3 nitrogen and oxygen atoms in total. The van der Waals surface area contributed by atoms with Crippen molar-refractivity contribution >= 4 is 11.9 Å². The quantitative estimate of drug-likeness (QED) is 0.605. The third-order valence-corrected chi connectivity index (χ3v) is 4.79. The second kappa shape index (κ2) is 8.65. The predicted octanol–water partition coefficient (Wildman–Crippen LogP) is 4.90. The van der Waals surface area contributed by atoms with Crippen molar-refractivity contribution in [2.45, 2.75) is 44.7 Å². The Morgan fingerprint density at radius 2 is 1.71 bits per heavy atom. The first-order valence-corrected chi connectivity index (χ1v) is 8.94. The molecule has 0 amide bonds. The average molecular weight is 321 g/mol. The Morgan fingerprint density at radius 3 is 2.42 bits per heavy atom. The molecule has 1 aliphatic rings. The Morgan fingerprint density at radius 1 is 1.00 bits per heavy atom. The van der Waals surface area contributed by atoms with E-state index in [9.17, 15) is 0 Å². The zero-order chi connectivity index (χ0) is 16.6. The molecule has 1 N–H and O–H groups in total. The lowest BCUT2D eigenvalue weighted by Gasteiger charge is -2.31. The van der Waals surface area contributed by atoms with Crippen LogP contribution in [0, 0.1) is 0 Å². The number of nitrogens with zero attached hydrogens (tertiary/aromatic N) is 2. The summed E-state index contributed by atoms with van der Waals surface area (Å²) in [6.45, 7) is 1.03. The van der Waals surface area contributed by atoms with Crippen molar-refractivity contribution < 1.29 is 0 Å². The average Bonchev–Trinajstić information content (AvgIpc) is 2.65. The largest absolute Gasteiger partial charge is 0.299 e. The number of hydrogen-bond donors (Lipinski definition) is 1. The van der Waals surface area contributed by atoms with Gasteiger partial charge >= 0.3 is 0 Å². The minimum Gasteiger partial charge on any atom is -0.299 e. The van der Waals surface area contributed by atoms with E-state index >= 15 is 0 Å². The van der Waals surface area contributed by atoms with Gasteiger partial charge in [-0.3, -0.25) is 10.3 Å². The van der Waals surface area contributed by atoms with Crippen LogP contribution in [-0.2, 0) is 6.54 Å². The maximum atomic E-state index is 4.29. The van der Waals surface area contributed by atoms with Gasteiger partial charge in [-0.1, -0.05) is 61.7 Å². The lowest BCUT2D eigenvalue weighted by molar-refractivity contribution is 0.184. The van der Waals surface area contributed by atoms with Crippen LogP contribution in [0.15, 0.2) is 59.7 Å². The van der Waals surface area contributed by atoms with Crippen LogP contribution in [0.25, 0.3) is 0 Å². The first-order valence-electron chi connectivity index (χ1n) is 8.94. The second-order valence-electron chi connectivity index (χ2n) is 6.68. The Kier molecular flexibility index (Phi) is 6.02. The highest BCUT2D eigenvalue weighted by Crippen LogP contribution is 2.22. The molecule has 0 heterocycles. The molecule has 2 aromatic carbocycles. The van der Waals surface area contributed by atoms with Crippen LogP contribution >= 0.6 is 0 Å². The number of benzene rings is 2. The summed E-state index contributed by atoms with van der Waals surface area (Å²) in [7, 11) is 2.26. The van der Waals surface area contributed by atoms with Gasteiger partial charge in [0.15, 0.2) is 0 Å². The van der Waals surface area contributed by atoms with Gasteiger partial charge in [0.25, 0.3) is 0 Å². The third kappa shape index (κ3) is 4.93. The molecule has 0 spiro atoms. The number of para-hydroxylation sites is 1. The molecule has 0 radical (unpaired) electrons. The fourth-order valence-electron chi connectivity index (χ4n) is 3.34. The number of anilines is 1. The van der Waals surface area contributed by atoms with Crippen molar-refractivity contribution in [3.05, 3.63) is 65.7 Å². The van der Waals surface area contributed by atoms with Crippen molar-refractivity contribution in [1.82, 2.24) is 4.90 Å². The normalized spacial score (nSPS) is 15.9. The van der Waals surface area contributed by atoms with Crippen LogP contribution in [0.5, 0.6) is 0 Å². The number of rotatable bonds is 6. The van der Waals surface area contributed by atoms with Gasteiger partial charge in [0, 0.05) is 12.6 Å². The van der Waals surface area contributed by atoms with Crippen molar-refractivity contribution in [3.63, 3.8) is 0 Å². The minimum absolute atomic E-state index is 0.759. The van der Waals surface area contributed by atoms with Crippen molar-refractivity contribution in [1.29, 1.82) is 0 Å². The van der Waals surface area contributed by atoms with Crippen LogP contribution in [0.1, 0.15) is 43.2 Å². The first kappa shape index (κ1) is 16.7. The van der Waals surface area contributed by atoms with Crippen molar-refractivity contribution in [3.8, 4) is 0 Å². The summed E-state index contributed by atoms with van der Waals surface area (Å²) in [6.07, 6.45) is 8.76. The molecule has 1 aliphatic carbocycles. The summed E-state index contributed by atoms with van der Waals surface area (Å²) < 4.78 is 0. The number of hydrazone groups is 1. The van der Waals surface area contributed by atoms with E-state index in [0.29, 0.717) is 0 Å². The monoisotopic (exact) mass is 321 g/mol. The van der Waals surface area contributed by atoms with Crippen molar-refractivity contribution in [2.75, 3.05) is 12.5 Å². The molecule has 3 rings (SSSR count). The van der Waals surface area contributed by atoms with Gasteiger partial charge in [0.05, 0.1) is 11.9 Å². The van der Waals surface area contributed by atoms with E-state index in [4.69, 9.17) is 0 Å². The highest BCUT2D eigenvalue weighted by molar-refractivity contribution is 5.80. The summed E-state index contributed by atoms with van der Waals surface area (Å²) in [5.74, 6) is 0. The van der Waals surface area contributed by atoms with E-state index in [1.165, 1.54) is 37.7 Å². The summed E-state index contributed by atoms with van der Waals surface area (Å²) in [5.41, 5.74) is 6.53. The lowest BCUT2D eigenvalue weighted by Crippen LogP contribution is -2.32. The molecular formula is C21H27N3. The Labute approximate surface area is 145 Å². The van der Waals surface area contributed by atoms with Gasteiger partial charge in [0.2, 0.25) is 0 Å². The molecule has 24 heavy (non-hydrogen) atoms. The highest BCUT2D eigenvalue weighted by atomic mass is 15.3. The van der Waals surface area contributed by atoms with Crippen LogP contribution < -0.4 is 5.43 Å². The third-order valence-electron chi connectivity index (χ3n) is 4.79. The topological polar surface area (TPSA) is 27.6 Å². The van der Waals surface area contributed by atoms with Gasteiger partial charge in [-0.25, -0.2) is 0 Å². The van der Waals surface area contributed by atoms with Gasteiger partial charge < -0.3 is 0 Å². The molecule has 3 heteroatoms. The molecule has 0 saturated heterocycles. The molecule has 0 bridgehead atoms. The maximum Gasteiger partial charge on any atom is 0.0561 e. The van der Waals surface area contributed by atoms with E-state index in [2.05, 4.69) is 46.7 Å². The zero-order valence-electron chi connectivity index (χ0n) is 14.5. The summed E-state index contributed by atoms with van der Waals surface area (Å²) in [6, 6.07) is 19.5. The lowest BCUT2D eigenvalue weighted by atomic mass is 9.94.